The summed E-state index contributed by atoms with van der Waals surface area (Å²) in [6.45, 7) is 0. The lowest BCUT2D eigenvalue weighted by Crippen LogP contribution is -2.76. The third-order valence-corrected chi connectivity index (χ3v) is 8.71. The lowest BCUT2D eigenvalue weighted by molar-refractivity contribution is -0.149. The summed E-state index contributed by atoms with van der Waals surface area (Å²) in [5.41, 5.74) is 2.43. The van der Waals surface area contributed by atoms with E-state index in [1.54, 1.807) is 0 Å². The molecular formula is C27H24BClN2O4S. The number of carbonyl (C=O) groups excluding carboxylic acids is 2. The van der Waals surface area contributed by atoms with E-state index >= 15 is 0 Å². The lowest BCUT2D eigenvalue weighted by Gasteiger charge is -2.52. The van der Waals surface area contributed by atoms with Gasteiger partial charge in [0.15, 0.2) is 6.04 Å². The van der Waals surface area contributed by atoms with Crippen LogP contribution in [0, 0.1) is 0 Å². The zero-order valence-corrected chi connectivity index (χ0v) is 21.2. The number of benzene rings is 3. The number of nitrogens with zero attached hydrogens (tertiary/aromatic N) is 1. The van der Waals surface area contributed by atoms with Gasteiger partial charge in [0, 0.05) is 5.57 Å². The Labute approximate surface area is 218 Å². The van der Waals surface area contributed by atoms with Gasteiger partial charge in [0.2, 0.25) is 5.37 Å². The minimum absolute atomic E-state index is 0.00719. The van der Waals surface area contributed by atoms with Crippen molar-refractivity contribution in [3.05, 3.63) is 119 Å². The number of β-lactam (4-membered cyclic amide) rings is 1. The van der Waals surface area contributed by atoms with Crippen molar-refractivity contribution in [1.29, 1.82) is 0 Å². The van der Waals surface area contributed by atoms with Crippen molar-refractivity contribution >= 4 is 42.7 Å². The summed E-state index contributed by atoms with van der Waals surface area (Å²) in [4.78, 5) is 27.5. The molecule has 5 rings (SSSR count). The molecule has 182 valence electrons. The Morgan fingerprint density at radius 3 is 1.89 bits per heavy atom. The molecule has 1 N–H and O–H groups in total. The predicted molar refractivity (Wildman–Crippen MR) is 142 cm³/mol. The van der Waals surface area contributed by atoms with E-state index in [1.165, 1.54) is 12.9 Å². The van der Waals surface area contributed by atoms with Crippen LogP contribution in [0.15, 0.2) is 102 Å². The van der Waals surface area contributed by atoms with Crippen molar-refractivity contribution in [3.8, 4) is 0 Å². The Bertz CT molecular complexity index is 1200. The Kier molecular flexibility index (Phi) is 6.95. The van der Waals surface area contributed by atoms with Crippen LogP contribution in [-0.2, 0) is 31.0 Å². The van der Waals surface area contributed by atoms with E-state index in [0.717, 1.165) is 16.7 Å². The first kappa shape index (κ1) is 24.7. The summed E-state index contributed by atoms with van der Waals surface area (Å²) in [5, 5.41) is 2.89. The smallest absolute Gasteiger partial charge is 0.337 e. The monoisotopic (exact) mass is 518 g/mol. The molecule has 0 spiro atoms. The molecular weight excluding hydrogens is 495 g/mol. The highest BCUT2D eigenvalue weighted by molar-refractivity contribution is 7.92. The fourth-order valence-electron chi connectivity index (χ4n) is 5.09. The van der Waals surface area contributed by atoms with Crippen LogP contribution < -0.4 is 5.32 Å². The van der Waals surface area contributed by atoms with E-state index in [4.69, 9.17) is 16.3 Å². The van der Waals surface area contributed by atoms with Gasteiger partial charge in [-0.15, -0.1) is 11.6 Å². The van der Waals surface area contributed by atoms with Crippen LogP contribution in [0.3, 0.4) is 0 Å². The maximum Gasteiger partial charge on any atom is 0.337 e. The summed E-state index contributed by atoms with van der Waals surface area (Å²) in [7, 11) is 1.26. The second-order valence-electron chi connectivity index (χ2n) is 8.67. The number of carbonyl (C=O) groups is 2. The topological polar surface area (TPSA) is 81.7 Å². The third kappa shape index (κ3) is 3.94. The fourth-order valence-corrected chi connectivity index (χ4v) is 7.11. The van der Waals surface area contributed by atoms with Crippen molar-refractivity contribution in [2.24, 2.45) is 0 Å². The van der Waals surface area contributed by atoms with Crippen molar-refractivity contribution in [2.75, 3.05) is 11.6 Å². The van der Waals surface area contributed by atoms with Crippen molar-refractivity contribution < 1.29 is 18.8 Å². The minimum Gasteiger partial charge on any atom is -0.614 e. The normalized spacial score (nSPS) is 21.6. The highest BCUT2D eigenvalue weighted by Gasteiger charge is 2.62. The molecule has 0 aromatic heterocycles. The van der Waals surface area contributed by atoms with Gasteiger partial charge in [-0.2, -0.15) is 0 Å². The van der Waals surface area contributed by atoms with Gasteiger partial charge >= 0.3 is 14.0 Å². The molecule has 3 aromatic rings. The highest BCUT2D eigenvalue weighted by atomic mass is 35.5. The lowest BCUT2D eigenvalue weighted by atomic mass is 9.76. The van der Waals surface area contributed by atoms with Crippen LogP contribution in [0.2, 0.25) is 0 Å². The van der Waals surface area contributed by atoms with Crippen LogP contribution in [0.4, 0.5) is 0 Å². The zero-order chi connectivity index (χ0) is 25.3. The maximum atomic E-state index is 13.6. The molecule has 0 aliphatic carbocycles. The van der Waals surface area contributed by atoms with Crippen LogP contribution >= 0.6 is 11.6 Å². The maximum absolute atomic E-state index is 13.6. The molecule has 6 nitrogen and oxygen atoms in total. The van der Waals surface area contributed by atoms with Crippen LogP contribution in [0.5, 0.6) is 0 Å². The van der Waals surface area contributed by atoms with Gasteiger partial charge in [0.25, 0.3) is 5.91 Å². The molecule has 0 bridgehead atoms. The third-order valence-electron chi connectivity index (χ3n) is 6.74. The van der Waals surface area contributed by atoms with Gasteiger partial charge in [0.05, 0.1) is 11.4 Å². The zero-order valence-electron chi connectivity index (χ0n) is 19.6. The molecule has 9 heteroatoms. The molecule has 1 saturated heterocycles. The van der Waals surface area contributed by atoms with Crippen LogP contribution in [-0.4, -0.2) is 52.4 Å². The van der Waals surface area contributed by atoms with E-state index in [2.05, 4.69) is 5.32 Å². The Balaban J connectivity index is 1.65. The molecule has 0 saturated carbocycles. The fraction of sp³-hybridized carbons (Fsp3) is 0.185. The van der Waals surface area contributed by atoms with E-state index in [0.29, 0.717) is 5.57 Å². The number of alkyl halides is 1. The number of rotatable bonds is 7. The van der Waals surface area contributed by atoms with Gasteiger partial charge < -0.3 is 9.21 Å². The van der Waals surface area contributed by atoms with E-state index in [9.17, 15) is 14.1 Å². The van der Waals surface area contributed by atoms with Crippen LogP contribution in [0.25, 0.3) is 0 Å². The second-order valence-corrected chi connectivity index (χ2v) is 10.5. The van der Waals surface area contributed by atoms with E-state index in [1.807, 2.05) is 91.0 Å². The Morgan fingerprint density at radius 2 is 1.47 bits per heavy atom. The molecule has 0 radical (unpaired) electrons. The number of fused-ring (bicyclic) bond motifs is 1. The molecule has 3 atom stereocenters. The number of nitrogens with one attached hydrogen (secondary N) is 1. The molecule has 2 aliphatic heterocycles. The van der Waals surface area contributed by atoms with Crippen molar-refractivity contribution in [2.45, 2.75) is 17.0 Å². The van der Waals surface area contributed by atoms with Gasteiger partial charge in [-0.05, 0) is 27.9 Å². The number of hydrogen-bond donors (Lipinski definition) is 1. The summed E-state index contributed by atoms with van der Waals surface area (Å²) in [5.74, 6) is -0.898. The summed E-state index contributed by atoms with van der Waals surface area (Å²) >= 11 is 4.60. The highest BCUT2D eigenvalue weighted by Crippen LogP contribution is 2.43. The number of hydrogen-bond acceptors (Lipinski definition) is 5. The predicted octanol–water partition coefficient (Wildman–Crippen LogP) is 2.45. The molecule has 2 aliphatic rings. The van der Waals surface area contributed by atoms with E-state index < -0.39 is 34.1 Å². The molecule has 1 fully saturated rings. The Hall–Kier alpha value is -3.04. The standard InChI is InChI=1S/C27H24BClN2O4S/c28-35-26(33)23-18(16-29)17-36(34)25-22(24(32)31(23)25)30-27(19-10-4-1-5-11-19,20-12-6-2-7-13-20)21-14-8-3-9-15-21/h1-15,22,25,30H,16-17,28H2/t22-,25-,36?/m1/s1. The number of amides is 1. The second kappa shape index (κ2) is 10.1. The molecule has 1 amide bonds. The van der Waals surface area contributed by atoms with Gasteiger partial charge in [-0.3, -0.25) is 15.0 Å². The van der Waals surface area contributed by atoms with Crippen LogP contribution in [0.1, 0.15) is 16.7 Å². The van der Waals surface area contributed by atoms with Gasteiger partial charge in [0.1, 0.15) is 11.4 Å². The summed E-state index contributed by atoms with van der Waals surface area (Å²) in [6, 6.07) is 28.8. The molecule has 2 heterocycles. The molecule has 36 heavy (non-hydrogen) atoms. The first-order valence-corrected chi connectivity index (χ1v) is 13.5. The van der Waals surface area contributed by atoms with Crippen molar-refractivity contribution in [1.82, 2.24) is 10.2 Å². The first-order valence-electron chi connectivity index (χ1n) is 11.5. The largest absolute Gasteiger partial charge is 0.614 e. The van der Waals surface area contributed by atoms with Gasteiger partial charge in [-0.1, -0.05) is 91.0 Å². The quantitative estimate of drug-likeness (QED) is 0.171. The first-order chi connectivity index (χ1) is 17.5. The van der Waals surface area contributed by atoms with Crippen molar-refractivity contribution in [3.63, 3.8) is 0 Å². The van der Waals surface area contributed by atoms with E-state index in [-0.39, 0.29) is 23.2 Å². The molecule has 3 aromatic carbocycles. The molecule has 1 unspecified atom stereocenters. The Morgan fingerprint density at radius 1 is 1.00 bits per heavy atom. The average Bonchev–Trinajstić information content (AvgIpc) is 2.94. The summed E-state index contributed by atoms with van der Waals surface area (Å²) < 4.78 is 18.3. The minimum atomic E-state index is -1.46. The average molecular weight is 519 g/mol. The number of halogens is 1. The summed E-state index contributed by atoms with van der Waals surface area (Å²) in [6.07, 6.45) is 0. The van der Waals surface area contributed by atoms with Gasteiger partial charge in [-0.25, -0.2) is 4.79 Å². The SMILES string of the molecule is BOC(=O)C1=C(CCl)C[S+]([O-])[C@@H]2[C@H](NC(c3ccccc3)(c3ccccc3)c3ccccc3)C(=O)N12.